The van der Waals surface area contributed by atoms with Gasteiger partial charge in [-0.25, -0.2) is 8.78 Å². The van der Waals surface area contributed by atoms with Crippen molar-refractivity contribution in [3.05, 3.63) is 0 Å². The SMILES string of the molecule is FC(F)C1COCC(Br)C1. The third kappa shape index (κ3) is 2.16. The molecule has 1 saturated heterocycles. The second kappa shape index (κ2) is 3.62. The van der Waals surface area contributed by atoms with Crippen molar-refractivity contribution < 1.29 is 13.5 Å². The Labute approximate surface area is 66.9 Å². The molecule has 1 rings (SSSR count). The molecule has 1 fully saturated rings. The van der Waals surface area contributed by atoms with Crippen LogP contribution < -0.4 is 0 Å². The van der Waals surface area contributed by atoms with E-state index in [2.05, 4.69) is 15.9 Å². The van der Waals surface area contributed by atoms with Gasteiger partial charge in [-0.05, 0) is 6.42 Å². The molecular formula is C6H9BrF2O. The lowest BCUT2D eigenvalue weighted by Gasteiger charge is -2.24. The summed E-state index contributed by atoms with van der Waals surface area (Å²) in [6, 6.07) is 0. The average Bonchev–Trinajstić information content (AvgIpc) is 1.88. The molecule has 0 saturated carbocycles. The molecule has 0 spiro atoms. The van der Waals surface area contributed by atoms with E-state index < -0.39 is 12.3 Å². The second-order valence-electron chi connectivity index (χ2n) is 2.46. The van der Waals surface area contributed by atoms with Crippen molar-refractivity contribution in [1.82, 2.24) is 0 Å². The van der Waals surface area contributed by atoms with Crippen molar-refractivity contribution in [1.29, 1.82) is 0 Å². The van der Waals surface area contributed by atoms with Crippen LogP contribution in [0.25, 0.3) is 0 Å². The first-order valence-electron chi connectivity index (χ1n) is 3.20. The third-order valence-corrected chi connectivity index (χ3v) is 2.18. The largest absolute Gasteiger partial charge is 0.380 e. The number of hydrogen-bond acceptors (Lipinski definition) is 1. The van der Waals surface area contributed by atoms with Gasteiger partial charge in [-0.15, -0.1) is 0 Å². The Bertz CT molecular complexity index is 110. The number of hydrogen-bond donors (Lipinski definition) is 0. The van der Waals surface area contributed by atoms with Crippen LogP contribution in [-0.2, 0) is 4.74 Å². The fourth-order valence-corrected chi connectivity index (χ4v) is 1.65. The lowest BCUT2D eigenvalue weighted by molar-refractivity contribution is -0.0209. The summed E-state index contributed by atoms with van der Waals surface area (Å²) in [5.41, 5.74) is 0. The molecule has 1 aliphatic heterocycles. The van der Waals surface area contributed by atoms with Crippen molar-refractivity contribution in [2.45, 2.75) is 17.7 Å². The van der Waals surface area contributed by atoms with Crippen LogP contribution in [0.3, 0.4) is 0 Å². The van der Waals surface area contributed by atoms with Gasteiger partial charge in [0.2, 0.25) is 6.43 Å². The maximum atomic E-state index is 12.0. The van der Waals surface area contributed by atoms with Crippen molar-refractivity contribution >= 4 is 15.9 Å². The van der Waals surface area contributed by atoms with E-state index in [4.69, 9.17) is 4.74 Å². The monoisotopic (exact) mass is 214 g/mol. The highest BCUT2D eigenvalue weighted by molar-refractivity contribution is 9.09. The molecule has 4 heteroatoms. The molecule has 0 bridgehead atoms. The summed E-state index contributed by atoms with van der Waals surface area (Å²) in [6.07, 6.45) is -1.71. The van der Waals surface area contributed by atoms with Crippen LogP contribution in [0.4, 0.5) is 8.78 Å². The van der Waals surface area contributed by atoms with Crippen molar-refractivity contribution in [2.75, 3.05) is 13.2 Å². The van der Waals surface area contributed by atoms with Crippen LogP contribution >= 0.6 is 15.9 Å². The normalized spacial score (nSPS) is 34.8. The number of alkyl halides is 3. The molecule has 1 heterocycles. The van der Waals surface area contributed by atoms with E-state index in [-0.39, 0.29) is 11.4 Å². The quantitative estimate of drug-likeness (QED) is 0.608. The van der Waals surface area contributed by atoms with Crippen molar-refractivity contribution in [3.63, 3.8) is 0 Å². The van der Waals surface area contributed by atoms with Crippen molar-refractivity contribution in [3.8, 4) is 0 Å². The van der Waals surface area contributed by atoms with E-state index in [1.54, 1.807) is 0 Å². The van der Waals surface area contributed by atoms with Gasteiger partial charge in [-0.3, -0.25) is 0 Å². The summed E-state index contributed by atoms with van der Waals surface area (Å²) in [5, 5.41) is 0. The Kier molecular flexibility index (Phi) is 3.04. The first-order valence-corrected chi connectivity index (χ1v) is 4.11. The molecule has 0 amide bonds. The standard InChI is InChI=1S/C6H9BrF2O/c7-5-1-4(6(8)9)2-10-3-5/h4-6H,1-3H2. The summed E-state index contributed by atoms with van der Waals surface area (Å²) in [7, 11) is 0. The van der Waals surface area contributed by atoms with Gasteiger partial charge in [0.1, 0.15) is 0 Å². The second-order valence-corrected chi connectivity index (χ2v) is 3.76. The zero-order chi connectivity index (χ0) is 7.56. The van der Waals surface area contributed by atoms with Crippen LogP contribution in [-0.4, -0.2) is 24.5 Å². The van der Waals surface area contributed by atoms with Gasteiger partial charge in [0, 0.05) is 10.7 Å². The van der Waals surface area contributed by atoms with Crippen LogP contribution in [0.1, 0.15) is 6.42 Å². The van der Waals surface area contributed by atoms with Crippen molar-refractivity contribution in [2.24, 2.45) is 5.92 Å². The molecular weight excluding hydrogens is 206 g/mol. The van der Waals surface area contributed by atoms with E-state index in [1.807, 2.05) is 0 Å². The highest BCUT2D eigenvalue weighted by Gasteiger charge is 2.27. The number of halogens is 3. The summed E-state index contributed by atoms with van der Waals surface area (Å²) in [4.78, 5) is 0.111. The van der Waals surface area contributed by atoms with E-state index in [0.717, 1.165) is 0 Å². The molecule has 1 nitrogen and oxygen atoms in total. The Morgan fingerprint density at radius 3 is 2.50 bits per heavy atom. The van der Waals surface area contributed by atoms with Crippen LogP contribution in [0.15, 0.2) is 0 Å². The van der Waals surface area contributed by atoms with E-state index >= 15 is 0 Å². The first kappa shape index (κ1) is 8.40. The zero-order valence-corrected chi connectivity index (χ0v) is 6.98. The lowest BCUT2D eigenvalue weighted by atomic mass is 10.0. The molecule has 0 aliphatic carbocycles. The predicted molar refractivity (Wildman–Crippen MR) is 37.6 cm³/mol. The fraction of sp³-hybridized carbons (Fsp3) is 1.00. The molecule has 2 unspecified atom stereocenters. The predicted octanol–water partition coefficient (Wildman–Crippen LogP) is 2.05. The molecule has 0 N–H and O–H groups in total. The van der Waals surface area contributed by atoms with E-state index in [0.29, 0.717) is 13.0 Å². The van der Waals surface area contributed by atoms with Gasteiger partial charge in [-0.1, -0.05) is 15.9 Å². The minimum absolute atomic E-state index is 0.111. The Morgan fingerprint density at radius 2 is 2.10 bits per heavy atom. The Morgan fingerprint density at radius 1 is 1.40 bits per heavy atom. The lowest BCUT2D eigenvalue weighted by Crippen LogP contribution is -2.30. The minimum Gasteiger partial charge on any atom is -0.380 e. The molecule has 1 aliphatic rings. The van der Waals surface area contributed by atoms with Gasteiger partial charge < -0.3 is 4.74 Å². The third-order valence-electron chi connectivity index (χ3n) is 1.55. The summed E-state index contributed by atoms with van der Waals surface area (Å²) < 4.78 is 28.9. The van der Waals surface area contributed by atoms with E-state index in [1.165, 1.54) is 0 Å². The summed E-state index contributed by atoms with van der Waals surface area (Å²) >= 11 is 3.24. The van der Waals surface area contributed by atoms with Gasteiger partial charge in [-0.2, -0.15) is 0 Å². The molecule has 0 aromatic rings. The fourth-order valence-electron chi connectivity index (χ4n) is 0.987. The minimum atomic E-state index is -2.24. The van der Waals surface area contributed by atoms with Crippen LogP contribution in [0, 0.1) is 5.92 Å². The Balaban J connectivity index is 2.32. The maximum absolute atomic E-state index is 12.0. The maximum Gasteiger partial charge on any atom is 0.243 e. The molecule has 10 heavy (non-hydrogen) atoms. The molecule has 60 valence electrons. The zero-order valence-electron chi connectivity index (χ0n) is 5.40. The molecule has 0 aromatic heterocycles. The Hall–Kier alpha value is 0.300. The molecule has 0 aromatic carbocycles. The highest BCUT2D eigenvalue weighted by Crippen LogP contribution is 2.24. The summed E-state index contributed by atoms with van der Waals surface area (Å²) in [5.74, 6) is -0.571. The van der Waals surface area contributed by atoms with Gasteiger partial charge in [0.15, 0.2) is 0 Å². The number of ether oxygens (including phenoxy) is 1. The van der Waals surface area contributed by atoms with Gasteiger partial charge >= 0.3 is 0 Å². The first-order chi connectivity index (χ1) is 4.70. The smallest absolute Gasteiger partial charge is 0.243 e. The van der Waals surface area contributed by atoms with Crippen LogP contribution in [0.5, 0.6) is 0 Å². The summed E-state index contributed by atoms with van der Waals surface area (Å²) in [6.45, 7) is 0.767. The van der Waals surface area contributed by atoms with Gasteiger partial charge in [0.05, 0.1) is 13.2 Å². The van der Waals surface area contributed by atoms with Gasteiger partial charge in [0.25, 0.3) is 0 Å². The van der Waals surface area contributed by atoms with Crippen LogP contribution in [0.2, 0.25) is 0 Å². The molecule has 0 radical (unpaired) electrons. The topological polar surface area (TPSA) is 9.23 Å². The molecule has 2 atom stereocenters. The van der Waals surface area contributed by atoms with E-state index in [9.17, 15) is 8.78 Å². The number of rotatable bonds is 1. The highest BCUT2D eigenvalue weighted by atomic mass is 79.9. The average molecular weight is 215 g/mol.